The summed E-state index contributed by atoms with van der Waals surface area (Å²) in [6, 6.07) is 0.121. The average Bonchev–Trinajstić information content (AvgIpc) is 2.52. The van der Waals surface area contributed by atoms with Crippen molar-refractivity contribution >= 4 is 10.0 Å². The molecule has 0 aromatic heterocycles. The first kappa shape index (κ1) is 12.9. The van der Waals surface area contributed by atoms with Crippen LogP contribution in [0.4, 0.5) is 0 Å². The van der Waals surface area contributed by atoms with Gasteiger partial charge in [0.15, 0.2) is 0 Å². The van der Waals surface area contributed by atoms with E-state index in [9.17, 15) is 8.42 Å². The van der Waals surface area contributed by atoms with E-state index < -0.39 is 15.3 Å². The molecule has 1 fully saturated rings. The van der Waals surface area contributed by atoms with Crippen LogP contribution in [-0.4, -0.2) is 26.3 Å². The van der Waals surface area contributed by atoms with Crippen LogP contribution < -0.4 is 10.5 Å². The van der Waals surface area contributed by atoms with Gasteiger partial charge in [0.25, 0.3) is 0 Å². The van der Waals surface area contributed by atoms with Crippen LogP contribution in [0.15, 0.2) is 0 Å². The van der Waals surface area contributed by atoms with Crippen molar-refractivity contribution in [1.82, 2.24) is 4.72 Å². The summed E-state index contributed by atoms with van der Waals surface area (Å²) in [5, 5.41) is -0.440. The SMILES string of the molecule is CCC(CN)S(=O)(=O)NC1CCCC1C. The van der Waals surface area contributed by atoms with E-state index in [1.807, 2.05) is 6.92 Å². The maximum absolute atomic E-state index is 11.9. The monoisotopic (exact) mass is 234 g/mol. The van der Waals surface area contributed by atoms with Gasteiger partial charge in [0.05, 0.1) is 5.25 Å². The van der Waals surface area contributed by atoms with Crippen LogP contribution >= 0.6 is 0 Å². The number of sulfonamides is 1. The van der Waals surface area contributed by atoms with Gasteiger partial charge in [0.2, 0.25) is 10.0 Å². The van der Waals surface area contributed by atoms with Gasteiger partial charge in [-0.25, -0.2) is 13.1 Å². The molecule has 0 aromatic carbocycles. The molecule has 1 aliphatic carbocycles. The van der Waals surface area contributed by atoms with Gasteiger partial charge in [-0.1, -0.05) is 20.3 Å². The Morgan fingerprint density at radius 2 is 2.13 bits per heavy atom. The van der Waals surface area contributed by atoms with Crippen LogP contribution in [-0.2, 0) is 10.0 Å². The van der Waals surface area contributed by atoms with Crippen LogP contribution in [0.3, 0.4) is 0 Å². The standard InChI is InChI=1S/C10H22N2O2S/c1-3-9(7-11)15(13,14)12-10-6-4-5-8(10)2/h8-10,12H,3-7,11H2,1-2H3. The Morgan fingerprint density at radius 3 is 2.53 bits per heavy atom. The van der Waals surface area contributed by atoms with Gasteiger partial charge < -0.3 is 5.73 Å². The molecule has 0 aromatic rings. The zero-order chi connectivity index (χ0) is 11.5. The van der Waals surface area contributed by atoms with Gasteiger partial charge in [-0.05, 0) is 25.2 Å². The van der Waals surface area contributed by atoms with Gasteiger partial charge in [0, 0.05) is 12.6 Å². The maximum Gasteiger partial charge on any atom is 0.215 e. The number of nitrogens with one attached hydrogen (secondary N) is 1. The van der Waals surface area contributed by atoms with Crippen LogP contribution in [0.25, 0.3) is 0 Å². The molecule has 0 spiro atoms. The fraction of sp³-hybridized carbons (Fsp3) is 1.00. The minimum atomic E-state index is -3.21. The molecule has 0 amide bonds. The van der Waals surface area contributed by atoms with Gasteiger partial charge in [-0.3, -0.25) is 0 Å². The molecule has 0 saturated heterocycles. The molecule has 0 radical (unpaired) electrons. The van der Waals surface area contributed by atoms with Crippen molar-refractivity contribution in [2.45, 2.75) is 50.8 Å². The molecule has 4 nitrogen and oxygen atoms in total. The molecule has 3 unspecified atom stereocenters. The van der Waals surface area contributed by atoms with E-state index in [1.54, 1.807) is 0 Å². The minimum absolute atomic E-state index is 0.121. The fourth-order valence-electron chi connectivity index (χ4n) is 2.14. The van der Waals surface area contributed by atoms with E-state index in [-0.39, 0.29) is 12.6 Å². The average molecular weight is 234 g/mol. The molecule has 1 aliphatic rings. The van der Waals surface area contributed by atoms with Crippen molar-refractivity contribution in [3.05, 3.63) is 0 Å². The molecule has 15 heavy (non-hydrogen) atoms. The van der Waals surface area contributed by atoms with E-state index in [2.05, 4.69) is 11.6 Å². The van der Waals surface area contributed by atoms with Crippen molar-refractivity contribution in [2.24, 2.45) is 11.7 Å². The van der Waals surface area contributed by atoms with E-state index in [0.29, 0.717) is 12.3 Å². The molecule has 0 bridgehead atoms. The van der Waals surface area contributed by atoms with E-state index >= 15 is 0 Å². The quantitative estimate of drug-likeness (QED) is 0.740. The maximum atomic E-state index is 11.9. The smallest absolute Gasteiger partial charge is 0.215 e. The van der Waals surface area contributed by atoms with E-state index in [1.165, 1.54) is 0 Å². The summed E-state index contributed by atoms with van der Waals surface area (Å²) in [5.74, 6) is 0.454. The Morgan fingerprint density at radius 1 is 1.47 bits per heavy atom. The first-order chi connectivity index (χ1) is 7.01. The summed E-state index contributed by atoms with van der Waals surface area (Å²) in [6.45, 7) is 4.16. The topological polar surface area (TPSA) is 72.2 Å². The predicted molar refractivity (Wildman–Crippen MR) is 62.0 cm³/mol. The first-order valence-corrected chi connectivity index (χ1v) is 7.27. The number of hydrogen-bond donors (Lipinski definition) is 2. The molecule has 3 atom stereocenters. The summed E-state index contributed by atoms with van der Waals surface area (Å²) in [7, 11) is -3.21. The summed E-state index contributed by atoms with van der Waals surface area (Å²) in [5.41, 5.74) is 5.46. The summed E-state index contributed by atoms with van der Waals surface area (Å²) < 4.78 is 26.6. The van der Waals surface area contributed by atoms with Crippen molar-refractivity contribution in [2.75, 3.05) is 6.54 Å². The summed E-state index contributed by atoms with van der Waals surface area (Å²) >= 11 is 0. The Kier molecular flexibility index (Phi) is 4.55. The van der Waals surface area contributed by atoms with Crippen molar-refractivity contribution in [3.63, 3.8) is 0 Å². The first-order valence-electron chi connectivity index (χ1n) is 5.72. The lowest BCUT2D eigenvalue weighted by Crippen LogP contribution is -2.44. The second-order valence-corrected chi connectivity index (χ2v) is 6.44. The van der Waals surface area contributed by atoms with Gasteiger partial charge in [-0.15, -0.1) is 0 Å². The van der Waals surface area contributed by atoms with Gasteiger partial charge >= 0.3 is 0 Å². The second-order valence-electron chi connectivity index (χ2n) is 4.44. The molecule has 0 heterocycles. The van der Waals surface area contributed by atoms with Crippen molar-refractivity contribution in [3.8, 4) is 0 Å². The molecular weight excluding hydrogens is 212 g/mol. The Balaban J connectivity index is 2.62. The molecule has 0 aliphatic heterocycles. The van der Waals surface area contributed by atoms with Gasteiger partial charge in [-0.2, -0.15) is 0 Å². The third-order valence-electron chi connectivity index (χ3n) is 3.33. The largest absolute Gasteiger partial charge is 0.329 e. The summed E-state index contributed by atoms with van der Waals surface area (Å²) in [6.07, 6.45) is 3.77. The third-order valence-corrected chi connectivity index (χ3v) is 5.37. The third kappa shape index (κ3) is 3.16. The van der Waals surface area contributed by atoms with Crippen molar-refractivity contribution in [1.29, 1.82) is 0 Å². The second kappa shape index (κ2) is 5.27. The lowest BCUT2D eigenvalue weighted by atomic mass is 10.1. The Hall–Kier alpha value is -0.130. The van der Waals surface area contributed by atoms with E-state index in [0.717, 1.165) is 19.3 Å². The Bertz CT molecular complexity index is 286. The number of hydrogen-bond acceptors (Lipinski definition) is 3. The molecule has 90 valence electrons. The van der Waals surface area contributed by atoms with Gasteiger partial charge in [0.1, 0.15) is 0 Å². The zero-order valence-electron chi connectivity index (χ0n) is 9.57. The highest BCUT2D eigenvalue weighted by molar-refractivity contribution is 7.90. The van der Waals surface area contributed by atoms with Crippen LogP contribution in [0.1, 0.15) is 39.5 Å². The minimum Gasteiger partial charge on any atom is -0.329 e. The highest BCUT2D eigenvalue weighted by Crippen LogP contribution is 2.25. The van der Waals surface area contributed by atoms with E-state index in [4.69, 9.17) is 5.73 Å². The molecule has 5 heteroatoms. The highest BCUT2D eigenvalue weighted by Gasteiger charge is 2.30. The highest BCUT2D eigenvalue weighted by atomic mass is 32.2. The fourth-order valence-corrected chi connectivity index (χ4v) is 3.80. The molecule has 3 N–H and O–H groups in total. The molecular formula is C10H22N2O2S. The van der Waals surface area contributed by atoms with Crippen LogP contribution in [0.2, 0.25) is 0 Å². The molecule has 1 saturated carbocycles. The normalized spacial score (nSPS) is 29.3. The van der Waals surface area contributed by atoms with Crippen LogP contribution in [0.5, 0.6) is 0 Å². The number of rotatable bonds is 5. The zero-order valence-corrected chi connectivity index (χ0v) is 10.4. The lowest BCUT2D eigenvalue weighted by Gasteiger charge is -2.21. The molecule has 1 rings (SSSR count). The van der Waals surface area contributed by atoms with Crippen LogP contribution in [0, 0.1) is 5.92 Å². The van der Waals surface area contributed by atoms with Crippen molar-refractivity contribution < 1.29 is 8.42 Å². The summed E-state index contributed by atoms with van der Waals surface area (Å²) in [4.78, 5) is 0. The Labute approximate surface area is 92.7 Å². The number of nitrogens with two attached hydrogens (primary N) is 1. The predicted octanol–water partition coefficient (Wildman–Crippen LogP) is 0.832. The lowest BCUT2D eigenvalue weighted by molar-refractivity contribution is 0.470.